The van der Waals surface area contributed by atoms with Crippen LogP contribution >= 0.6 is 11.6 Å². The number of nitrogens with zero attached hydrogens (tertiary/aromatic N) is 3. The molecule has 0 spiro atoms. The van der Waals surface area contributed by atoms with Gasteiger partial charge in [0.1, 0.15) is 18.0 Å². The summed E-state index contributed by atoms with van der Waals surface area (Å²) >= 11 is 6.02. The summed E-state index contributed by atoms with van der Waals surface area (Å²) in [5.41, 5.74) is 2.90. The second kappa shape index (κ2) is 9.15. The Morgan fingerprint density at radius 2 is 1.60 bits per heavy atom. The number of nitrogens with one attached hydrogen (secondary N) is 1. The summed E-state index contributed by atoms with van der Waals surface area (Å²) in [6, 6.07) is 21.1. The van der Waals surface area contributed by atoms with Crippen LogP contribution in [0.5, 0.6) is 11.5 Å². The van der Waals surface area contributed by atoms with Crippen LogP contribution in [0, 0.1) is 0 Å². The van der Waals surface area contributed by atoms with E-state index in [1.807, 2.05) is 24.3 Å². The number of rotatable bonds is 6. The first kappa shape index (κ1) is 22.5. The molecule has 5 aromatic rings. The summed E-state index contributed by atoms with van der Waals surface area (Å²) in [7, 11) is 3.08. The first-order valence-corrected chi connectivity index (χ1v) is 11.1. The van der Waals surface area contributed by atoms with Gasteiger partial charge in [-0.3, -0.25) is 9.59 Å². The minimum atomic E-state index is -0.297. The molecule has 0 fully saturated rings. The Balaban J connectivity index is 1.59. The molecule has 0 bridgehead atoms. The lowest BCUT2D eigenvalue weighted by Crippen LogP contribution is -2.20. The molecule has 1 amide bonds. The molecule has 0 aliphatic heterocycles. The quantitative estimate of drug-likeness (QED) is 0.376. The number of anilines is 1. The number of hydrogen-bond donors (Lipinski definition) is 1. The summed E-state index contributed by atoms with van der Waals surface area (Å²) in [6.45, 7) is -0.0625. The van der Waals surface area contributed by atoms with E-state index >= 15 is 0 Å². The molecule has 0 aliphatic rings. The fourth-order valence-electron chi connectivity index (χ4n) is 4.01. The van der Waals surface area contributed by atoms with E-state index in [1.54, 1.807) is 61.3 Å². The average Bonchev–Trinajstić information content (AvgIpc) is 3.18. The highest BCUT2D eigenvalue weighted by atomic mass is 35.5. The van der Waals surface area contributed by atoms with E-state index < -0.39 is 0 Å². The number of fused-ring (bicyclic) bond motifs is 3. The Kier molecular flexibility index (Phi) is 5.88. The number of imidazole rings is 1. The number of benzene rings is 3. The Bertz CT molecular complexity index is 1600. The van der Waals surface area contributed by atoms with Crippen LogP contribution in [0.2, 0.25) is 5.02 Å². The molecule has 2 heterocycles. The third-order valence-corrected chi connectivity index (χ3v) is 5.88. The molecule has 0 saturated carbocycles. The van der Waals surface area contributed by atoms with Gasteiger partial charge < -0.3 is 19.4 Å². The third kappa shape index (κ3) is 4.31. The minimum absolute atomic E-state index is 0.0625. The van der Waals surface area contributed by atoms with Crippen LogP contribution in [0.3, 0.4) is 0 Å². The average molecular weight is 489 g/mol. The van der Waals surface area contributed by atoms with Crippen LogP contribution in [-0.2, 0) is 11.3 Å². The predicted molar refractivity (Wildman–Crippen MR) is 136 cm³/mol. The molecule has 35 heavy (non-hydrogen) atoms. The zero-order valence-electron chi connectivity index (χ0n) is 19.0. The van der Waals surface area contributed by atoms with Crippen LogP contribution < -0.4 is 20.3 Å². The number of carbonyl (C=O) groups is 1. The summed E-state index contributed by atoms with van der Waals surface area (Å²) in [4.78, 5) is 31.0. The number of para-hydroxylation sites is 2. The fourth-order valence-corrected chi connectivity index (χ4v) is 4.14. The van der Waals surface area contributed by atoms with E-state index in [9.17, 15) is 9.59 Å². The van der Waals surface area contributed by atoms with Crippen LogP contribution in [-0.4, -0.2) is 34.1 Å². The molecule has 9 heteroatoms. The summed E-state index contributed by atoms with van der Waals surface area (Å²) in [5, 5.41) is 3.47. The van der Waals surface area contributed by atoms with Crippen LogP contribution in [0.4, 0.5) is 5.69 Å². The zero-order valence-corrected chi connectivity index (χ0v) is 19.7. The molecular weight excluding hydrogens is 468 g/mol. The van der Waals surface area contributed by atoms with Crippen molar-refractivity contribution in [3.63, 3.8) is 0 Å². The van der Waals surface area contributed by atoms with Crippen LogP contribution in [0.1, 0.15) is 0 Å². The maximum atomic E-state index is 13.1. The van der Waals surface area contributed by atoms with E-state index in [4.69, 9.17) is 26.1 Å². The van der Waals surface area contributed by atoms with E-state index in [0.29, 0.717) is 44.7 Å². The van der Waals surface area contributed by atoms with Gasteiger partial charge in [-0.2, -0.15) is 0 Å². The third-order valence-electron chi connectivity index (χ3n) is 5.63. The van der Waals surface area contributed by atoms with Crippen molar-refractivity contribution in [2.45, 2.75) is 6.54 Å². The smallest absolute Gasteiger partial charge is 0.260 e. The second-order valence-electron chi connectivity index (χ2n) is 7.85. The molecule has 1 N–H and O–H groups in total. The zero-order chi connectivity index (χ0) is 24.5. The predicted octanol–water partition coefficient (Wildman–Crippen LogP) is 4.63. The topological polar surface area (TPSA) is 86.9 Å². The van der Waals surface area contributed by atoms with Gasteiger partial charge in [0.25, 0.3) is 5.56 Å². The number of hydrogen-bond acceptors (Lipinski definition) is 5. The van der Waals surface area contributed by atoms with Gasteiger partial charge in [-0.15, -0.1) is 0 Å². The van der Waals surface area contributed by atoms with Gasteiger partial charge >= 0.3 is 0 Å². The highest BCUT2D eigenvalue weighted by Gasteiger charge is 2.17. The number of halogens is 1. The lowest BCUT2D eigenvalue weighted by Gasteiger charge is -2.11. The summed E-state index contributed by atoms with van der Waals surface area (Å²) in [6.07, 6.45) is 0. The maximum Gasteiger partial charge on any atom is 0.260 e. The van der Waals surface area contributed by atoms with E-state index in [1.165, 1.54) is 10.5 Å². The first-order valence-electron chi connectivity index (χ1n) is 10.8. The van der Waals surface area contributed by atoms with E-state index in [0.717, 1.165) is 5.56 Å². The van der Waals surface area contributed by atoms with Gasteiger partial charge in [-0.05, 0) is 24.3 Å². The van der Waals surface area contributed by atoms with Crippen molar-refractivity contribution in [2.75, 3.05) is 19.5 Å². The summed E-state index contributed by atoms with van der Waals surface area (Å²) in [5.74, 6) is 1.17. The monoisotopic (exact) mass is 488 g/mol. The standard InChI is InChI=1S/C26H21ClN4O4/c1-34-19-11-18(12-20(13-19)35-2)28-24(32)15-30-22-5-3-4-6-23(22)31-25(33)14-21(29-26(30)31)16-7-9-17(27)10-8-16/h3-14H,15H2,1-2H3,(H,28,32). The van der Waals surface area contributed by atoms with E-state index in [2.05, 4.69) is 5.32 Å². The molecule has 0 aliphatic carbocycles. The molecule has 176 valence electrons. The van der Waals surface area contributed by atoms with Crippen LogP contribution in [0.15, 0.2) is 77.6 Å². The molecule has 0 atom stereocenters. The lowest BCUT2D eigenvalue weighted by atomic mass is 10.1. The van der Waals surface area contributed by atoms with Gasteiger partial charge in [0.2, 0.25) is 11.7 Å². The molecule has 5 rings (SSSR count). The fraction of sp³-hybridized carbons (Fsp3) is 0.115. The summed E-state index contributed by atoms with van der Waals surface area (Å²) < 4.78 is 13.8. The number of amides is 1. The molecule has 8 nitrogen and oxygen atoms in total. The van der Waals surface area contributed by atoms with Crippen molar-refractivity contribution >= 4 is 40.0 Å². The second-order valence-corrected chi connectivity index (χ2v) is 8.28. The Morgan fingerprint density at radius 3 is 2.26 bits per heavy atom. The maximum absolute atomic E-state index is 13.1. The molecule has 2 aromatic heterocycles. The normalized spacial score (nSPS) is 11.1. The largest absolute Gasteiger partial charge is 0.497 e. The lowest BCUT2D eigenvalue weighted by molar-refractivity contribution is -0.116. The number of ether oxygens (including phenoxy) is 2. The van der Waals surface area contributed by atoms with Crippen molar-refractivity contribution in [1.29, 1.82) is 0 Å². The van der Waals surface area contributed by atoms with Gasteiger partial charge in [0, 0.05) is 40.5 Å². The van der Waals surface area contributed by atoms with Gasteiger partial charge in [-0.25, -0.2) is 9.38 Å². The number of carbonyl (C=O) groups excluding carboxylic acids is 1. The van der Waals surface area contributed by atoms with Crippen LogP contribution in [0.25, 0.3) is 28.1 Å². The van der Waals surface area contributed by atoms with E-state index in [-0.39, 0.29) is 18.0 Å². The molecular formula is C26H21ClN4O4. The Labute approximate surface area is 205 Å². The number of aromatic nitrogens is 3. The number of methoxy groups -OCH3 is 2. The first-order chi connectivity index (χ1) is 17.0. The molecule has 0 unspecified atom stereocenters. The molecule has 3 aromatic carbocycles. The molecule has 0 saturated heterocycles. The van der Waals surface area contributed by atoms with Crippen molar-refractivity contribution < 1.29 is 14.3 Å². The highest BCUT2D eigenvalue weighted by Crippen LogP contribution is 2.26. The Hall–Kier alpha value is -4.30. The van der Waals surface area contributed by atoms with Gasteiger partial charge in [0.15, 0.2) is 0 Å². The van der Waals surface area contributed by atoms with Crippen molar-refractivity contribution in [2.24, 2.45) is 0 Å². The van der Waals surface area contributed by atoms with Crippen molar-refractivity contribution in [3.8, 4) is 22.8 Å². The Morgan fingerprint density at radius 1 is 0.943 bits per heavy atom. The van der Waals surface area contributed by atoms with Gasteiger partial charge in [0.05, 0.1) is 30.9 Å². The van der Waals surface area contributed by atoms with Gasteiger partial charge in [-0.1, -0.05) is 35.9 Å². The minimum Gasteiger partial charge on any atom is -0.497 e. The highest BCUT2D eigenvalue weighted by molar-refractivity contribution is 6.30. The van der Waals surface area contributed by atoms with Crippen molar-refractivity contribution in [3.05, 3.63) is 88.2 Å². The molecule has 0 radical (unpaired) electrons. The van der Waals surface area contributed by atoms with Crippen molar-refractivity contribution in [1.82, 2.24) is 14.0 Å². The SMILES string of the molecule is COc1cc(NC(=O)Cn2c3ccccc3n3c(=O)cc(-c4ccc(Cl)cc4)nc23)cc(OC)c1.